The summed E-state index contributed by atoms with van der Waals surface area (Å²) in [5.74, 6) is -2.66. The second-order valence-electron chi connectivity index (χ2n) is 9.28. The maximum atomic E-state index is 13.0. The number of amides is 3. The quantitative estimate of drug-likeness (QED) is 0.307. The second-order valence-corrected chi connectivity index (χ2v) is 9.28. The Morgan fingerprint density at radius 3 is 2.03 bits per heavy atom. The van der Waals surface area contributed by atoms with Gasteiger partial charge in [-0.2, -0.15) is 0 Å². The number of carbonyl (C=O) groups is 4. The molecule has 0 spiro atoms. The normalized spacial score (nSPS) is 20.1. The van der Waals surface area contributed by atoms with Crippen molar-refractivity contribution < 1.29 is 24.3 Å². The van der Waals surface area contributed by atoms with Crippen molar-refractivity contribution in [3.05, 3.63) is 0 Å². The Kier molecular flexibility index (Phi) is 11.0. The third kappa shape index (κ3) is 8.47. The van der Waals surface area contributed by atoms with Gasteiger partial charge in [-0.25, -0.2) is 4.79 Å². The van der Waals surface area contributed by atoms with Crippen LogP contribution < -0.4 is 21.3 Å². The lowest BCUT2D eigenvalue weighted by Gasteiger charge is -2.28. The van der Waals surface area contributed by atoms with E-state index in [0.717, 1.165) is 19.4 Å². The third-order valence-electron chi connectivity index (χ3n) is 5.74. The summed E-state index contributed by atoms with van der Waals surface area (Å²) in [6, 6.07) is -3.02. The molecule has 9 nitrogen and oxygen atoms in total. The highest BCUT2D eigenvalue weighted by Crippen LogP contribution is 2.12. The molecule has 1 rings (SSSR count). The van der Waals surface area contributed by atoms with Gasteiger partial charge < -0.3 is 26.4 Å². The average molecular weight is 441 g/mol. The number of nitrogens with one attached hydrogen (secondary N) is 4. The molecule has 0 saturated carbocycles. The molecule has 0 bridgehead atoms. The number of hydrogen-bond acceptors (Lipinski definition) is 5. The summed E-state index contributed by atoms with van der Waals surface area (Å²) in [5.41, 5.74) is 0. The fraction of sp³-hybridized carbons (Fsp3) is 0.818. The zero-order valence-corrected chi connectivity index (χ0v) is 19.7. The number of carboxylic acids is 1. The minimum atomic E-state index is -1.11. The van der Waals surface area contributed by atoms with E-state index in [1.54, 1.807) is 20.8 Å². The number of carboxylic acid groups (broad SMARTS) is 1. The summed E-state index contributed by atoms with van der Waals surface area (Å²) >= 11 is 0. The Hall–Kier alpha value is -2.16. The molecule has 178 valence electrons. The number of carbonyl (C=O) groups excluding carboxylic acids is 3. The molecule has 0 aromatic heterocycles. The Balaban J connectivity index is 2.90. The van der Waals surface area contributed by atoms with Gasteiger partial charge in [0.05, 0.1) is 6.04 Å². The minimum Gasteiger partial charge on any atom is -0.480 e. The van der Waals surface area contributed by atoms with Crippen LogP contribution in [0, 0.1) is 17.8 Å². The predicted octanol–water partition coefficient (Wildman–Crippen LogP) is 1.03. The van der Waals surface area contributed by atoms with Crippen molar-refractivity contribution in [2.45, 2.75) is 91.4 Å². The molecular weight excluding hydrogens is 400 g/mol. The number of rotatable bonds is 12. The van der Waals surface area contributed by atoms with E-state index in [0.29, 0.717) is 12.8 Å². The summed E-state index contributed by atoms with van der Waals surface area (Å²) < 4.78 is 0. The van der Waals surface area contributed by atoms with Gasteiger partial charge in [-0.05, 0) is 43.6 Å². The fourth-order valence-electron chi connectivity index (χ4n) is 3.60. The third-order valence-corrected chi connectivity index (χ3v) is 5.74. The second kappa shape index (κ2) is 12.6. The number of aliphatic carboxylic acids is 1. The smallest absolute Gasteiger partial charge is 0.326 e. The number of hydrogen-bond donors (Lipinski definition) is 5. The van der Waals surface area contributed by atoms with Crippen LogP contribution in [0.2, 0.25) is 0 Å². The van der Waals surface area contributed by atoms with E-state index in [-0.39, 0.29) is 29.7 Å². The topological polar surface area (TPSA) is 137 Å². The van der Waals surface area contributed by atoms with Gasteiger partial charge in [0.25, 0.3) is 0 Å². The molecule has 5 atom stereocenters. The van der Waals surface area contributed by atoms with Crippen LogP contribution in [0.4, 0.5) is 0 Å². The van der Waals surface area contributed by atoms with Crippen LogP contribution in [-0.4, -0.2) is 59.5 Å². The Labute approximate surface area is 185 Å². The van der Waals surface area contributed by atoms with Crippen molar-refractivity contribution in [1.29, 1.82) is 0 Å². The highest BCUT2D eigenvalue weighted by Gasteiger charge is 2.34. The molecule has 1 heterocycles. The van der Waals surface area contributed by atoms with Crippen molar-refractivity contribution in [2.24, 2.45) is 17.8 Å². The van der Waals surface area contributed by atoms with Crippen molar-refractivity contribution in [3.8, 4) is 0 Å². The van der Waals surface area contributed by atoms with E-state index in [2.05, 4.69) is 21.3 Å². The molecule has 5 N–H and O–H groups in total. The van der Waals surface area contributed by atoms with Crippen LogP contribution >= 0.6 is 0 Å². The van der Waals surface area contributed by atoms with E-state index in [4.69, 9.17) is 0 Å². The summed E-state index contributed by atoms with van der Waals surface area (Å²) in [7, 11) is 0. The van der Waals surface area contributed by atoms with Gasteiger partial charge in [0.1, 0.15) is 18.1 Å². The van der Waals surface area contributed by atoms with Crippen LogP contribution in [-0.2, 0) is 19.2 Å². The Morgan fingerprint density at radius 2 is 1.58 bits per heavy atom. The Morgan fingerprint density at radius 1 is 0.968 bits per heavy atom. The highest BCUT2D eigenvalue weighted by molar-refractivity contribution is 5.94. The van der Waals surface area contributed by atoms with Crippen LogP contribution in [0.15, 0.2) is 0 Å². The summed E-state index contributed by atoms with van der Waals surface area (Å²) in [5, 5.41) is 20.7. The van der Waals surface area contributed by atoms with E-state index >= 15 is 0 Å². The zero-order valence-electron chi connectivity index (χ0n) is 19.7. The molecule has 1 aliphatic heterocycles. The van der Waals surface area contributed by atoms with E-state index in [9.17, 15) is 24.3 Å². The molecular formula is C22H40N4O5. The molecule has 0 aliphatic carbocycles. The Bertz CT molecular complexity index is 631. The largest absolute Gasteiger partial charge is 0.480 e. The van der Waals surface area contributed by atoms with Crippen LogP contribution in [0.3, 0.4) is 0 Å². The zero-order chi connectivity index (χ0) is 23.7. The molecule has 9 heteroatoms. The van der Waals surface area contributed by atoms with Gasteiger partial charge >= 0.3 is 5.97 Å². The summed E-state index contributed by atoms with van der Waals surface area (Å²) in [6.45, 7) is 11.9. The molecule has 0 aromatic rings. The molecule has 0 radical (unpaired) electrons. The van der Waals surface area contributed by atoms with Crippen LogP contribution in [0.1, 0.15) is 67.2 Å². The molecule has 3 amide bonds. The lowest BCUT2D eigenvalue weighted by molar-refractivity contribution is -0.144. The lowest BCUT2D eigenvalue weighted by Crippen LogP contribution is -2.59. The van der Waals surface area contributed by atoms with Crippen LogP contribution in [0.25, 0.3) is 0 Å². The molecule has 31 heavy (non-hydrogen) atoms. The standard InChI is InChI=1S/C22H40N4O5/c1-7-14(6)18(22(30)31)26-21(29)17(13(4)5)25-20(28)16(11-12(2)3)24-19(27)15-9-8-10-23-15/h12-18,23H,7-11H2,1-6H3,(H,24,27)(H,25,28)(H,26,29)(H,30,31). The monoisotopic (exact) mass is 440 g/mol. The fourth-order valence-corrected chi connectivity index (χ4v) is 3.60. The van der Waals surface area contributed by atoms with Crippen molar-refractivity contribution in [2.75, 3.05) is 6.54 Å². The van der Waals surface area contributed by atoms with Gasteiger partial charge in [0, 0.05) is 0 Å². The first-order valence-corrected chi connectivity index (χ1v) is 11.3. The van der Waals surface area contributed by atoms with Gasteiger partial charge in [0.15, 0.2) is 0 Å². The highest BCUT2D eigenvalue weighted by atomic mass is 16.4. The molecule has 0 aromatic carbocycles. The predicted molar refractivity (Wildman–Crippen MR) is 118 cm³/mol. The maximum absolute atomic E-state index is 13.0. The first kappa shape index (κ1) is 26.9. The lowest BCUT2D eigenvalue weighted by atomic mass is 9.96. The van der Waals surface area contributed by atoms with Crippen LogP contribution in [0.5, 0.6) is 0 Å². The van der Waals surface area contributed by atoms with Gasteiger partial charge in [-0.3, -0.25) is 14.4 Å². The SMILES string of the molecule is CCC(C)C(NC(=O)C(NC(=O)C(CC(C)C)NC(=O)C1CCCN1)C(C)C)C(=O)O. The van der Waals surface area contributed by atoms with Crippen molar-refractivity contribution >= 4 is 23.7 Å². The van der Waals surface area contributed by atoms with Gasteiger partial charge in [-0.15, -0.1) is 0 Å². The van der Waals surface area contributed by atoms with Crippen molar-refractivity contribution in [1.82, 2.24) is 21.3 Å². The van der Waals surface area contributed by atoms with Gasteiger partial charge in [0.2, 0.25) is 17.7 Å². The average Bonchev–Trinajstić information content (AvgIpc) is 3.22. The molecule has 1 saturated heterocycles. The maximum Gasteiger partial charge on any atom is 0.326 e. The van der Waals surface area contributed by atoms with E-state index in [1.807, 2.05) is 20.8 Å². The van der Waals surface area contributed by atoms with E-state index < -0.39 is 35.9 Å². The summed E-state index contributed by atoms with van der Waals surface area (Å²) in [4.78, 5) is 50.0. The molecule has 5 unspecified atom stereocenters. The van der Waals surface area contributed by atoms with Crippen molar-refractivity contribution in [3.63, 3.8) is 0 Å². The van der Waals surface area contributed by atoms with E-state index in [1.165, 1.54) is 0 Å². The first-order valence-electron chi connectivity index (χ1n) is 11.3. The molecule has 1 aliphatic rings. The molecule has 1 fully saturated rings. The summed E-state index contributed by atoms with van der Waals surface area (Å²) in [6.07, 6.45) is 2.66. The minimum absolute atomic E-state index is 0.153. The van der Waals surface area contributed by atoms with Gasteiger partial charge in [-0.1, -0.05) is 48.0 Å². The first-order chi connectivity index (χ1) is 14.5.